The second-order valence-corrected chi connectivity index (χ2v) is 7.44. The fraction of sp³-hybridized carbons (Fsp3) is 0.105. The first-order chi connectivity index (χ1) is 12.6. The third-order valence-corrected chi connectivity index (χ3v) is 4.99. The molecule has 1 heterocycles. The molecule has 5 nitrogen and oxygen atoms in total. The average Bonchev–Trinajstić information content (AvgIpc) is 3.08. The number of carbonyl (C=O) groups excluding carboxylic acids is 2. The van der Waals surface area contributed by atoms with Crippen molar-refractivity contribution in [3.63, 3.8) is 0 Å². The maximum Gasteiger partial charge on any atom is 0.269 e. The number of halogens is 1. The molecule has 26 heavy (non-hydrogen) atoms. The zero-order valence-electron chi connectivity index (χ0n) is 13.7. The number of nitrogens with zero attached hydrogens (tertiary/aromatic N) is 1. The van der Waals surface area contributed by atoms with E-state index in [-0.39, 0.29) is 18.2 Å². The van der Waals surface area contributed by atoms with Gasteiger partial charge in [0.25, 0.3) is 5.91 Å². The summed E-state index contributed by atoms with van der Waals surface area (Å²) in [4.78, 5) is 28.4. The van der Waals surface area contributed by atoms with E-state index in [9.17, 15) is 9.59 Å². The Labute approximate surface area is 163 Å². The number of hydrogen-bond donors (Lipinski definition) is 2. The molecule has 0 fully saturated rings. The number of thiazole rings is 1. The summed E-state index contributed by atoms with van der Waals surface area (Å²) in [6.45, 7) is 0. The van der Waals surface area contributed by atoms with Crippen molar-refractivity contribution in [1.29, 1.82) is 0 Å². The zero-order chi connectivity index (χ0) is 18.4. The normalized spacial score (nSPS) is 10.3. The van der Waals surface area contributed by atoms with Crippen LogP contribution < -0.4 is 10.9 Å². The predicted octanol–water partition coefficient (Wildman–Crippen LogP) is 3.50. The van der Waals surface area contributed by atoms with Gasteiger partial charge in [0.15, 0.2) is 0 Å². The van der Waals surface area contributed by atoms with E-state index in [0.717, 1.165) is 15.9 Å². The summed E-state index contributed by atoms with van der Waals surface area (Å²) >= 11 is 4.84. The summed E-state index contributed by atoms with van der Waals surface area (Å²) < 4.78 is 0.882. The van der Waals surface area contributed by atoms with E-state index in [4.69, 9.17) is 0 Å². The number of amides is 2. The van der Waals surface area contributed by atoms with Crippen molar-refractivity contribution < 1.29 is 9.59 Å². The number of rotatable bonds is 5. The largest absolute Gasteiger partial charge is 0.273 e. The third-order valence-electron chi connectivity index (χ3n) is 3.56. The summed E-state index contributed by atoms with van der Waals surface area (Å²) in [5.74, 6) is -0.680. The number of carbonyl (C=O) groups is 2. The van der Waals surface area contributed by atoms with E-state index in [1.165, 1.54) is 16.9 Å². The molecular weight excluding hydrogens is 414 g/mol. The minimum atomic E-state index is -0.367. The van der Waals surface area contributed by atoms with E-state index < -0.39 is 0 Å². The fourth-order valence-corrected chi connectivity index (χ4v) is 3.38. The molecule has 3 rings (SSSR count). The topological polar surface area (TPSA) is 71.1 Å². The molecule has 0 aliphatic carbocycles. The number of benzene rings is 2. The van der Waals surface area contributed by atoms with Gasteiger partial charge < -0.3 is 0 Å². The lowest BCUT2D eigenvalue weighted by Gasteiger charge is -2.06. The molecule has 132 valence electrons. The van der Waals surface area contributed by atoms with Gasteiger partial charge in [-0.25, -0.2) is 4.98 Å². The monoisotopic (exact) mass is 429 g/mol. The average molecular weight is 430 g/mol. The standard InChI is InChI=1S/C19H16BrN3O2S/c20-15-8-6-14(7-9-15)19(25)23-22-17(24)11-16-12-26-18(21-16)10-13-4-2-1-3-5-13/h1-9,12H,10-11H2,(H,22,24)(H,23,25). The minimum Gasteiger partial charge on any atom is -0.273 e. The summed E-state index contributed by atoms with van der Waals surface area (Å²) in [5.41, 5.74) is 7.16. The molecule has 3 aromatic rings. The molecule has 0 unspecified atom stereocenters. The zero-order valence-corrected chi connectivity index (χ0v) is 16.1. The smallest absolute Gasteiger partial charge is 0.269 e. The van der Waals surface area contributed by atoms with Crippen LogP contribution in [0, 0.1) is 0 Å². The number of nitrogens with one attached hydrogen (secondary N) is 2. The van der Waals surface area contributed by atoms with E-state index in [1.807, 2.05) is 35.7 Å². The first-order valence-corrected chi connectivity index (χ1v) is 9.59. The molecule has 0 radical (unpaired) electrons. The van der Waals surface area contributed by atoms with Crippen molar-refractivity contribution in [2.24, 2.45) is 0 Å². The van der Waals surface area contributed by atoms with Crippen molar-refractivity contribution in [2.75, 3.05) is 0 Å². The summed E-state index contributed by atoms with van der Waals surface area (Å²) in [5, 5.41) is 2.83. The minimum absolute atomic E-state index is 0.117. The van der Waals surface area contributed by atoms with Gasteiger partial charge in [-0.3, -0.25) is 20.4 Å². The predicted molar refractivity (Wildman–Crippen MR) is 105 cm³/mol. The van der Waals surface area contributed by atoms with Gasteiger partial charge >= 0.3 is 0 Å². The Morgan fingerprint density at radius 1 is 1.00 bits per heavy atom. The molecule has 0 spiro atoms. The third kappa shape index (κ3) is 5.24. The van der Waals surface area contributed by atoms with Crippen LogP contribution in [0.15, 0.2) is 64.5 Å². The molecular formula is C19H16BrN3O2S. The second-order valence-electron chi connectivity index (χ2n) is 5.58. The molecule has 1 aromatic heterocycles. The molecule has 2 amide bonds. The molecule has 0 saturated heterocycles. The highest BCUT2D eigenvalue weighted by Gasteiger charge is 2.10. The Hall–Kier alpha value is -2.51. The first kappa shape index (κ1) is 18.3. The highest BCUT2D eigenvalue weighted by molar-refractivity contribution is 9.10. The van der Waals surface area contributed by atoms with E-state index in [0.29, 0.717) is 11.3 Å². The van der Waals surface area contributed by atoms with Crippen LogP contribution in [0.1, 0.15) is 26.6 Å². The molecule has 2 N–H and O–H groups in total. The van der Waals surface area contributed by atoms with Crippen LogP contribution in [0.4, 0.5) is 0 Å². The van der Waals surface area contributed by atoms with Crippen molar-refractivity contribution in [3.8, 4) is 0 Å². The second kappa shape index (κ2) is 8.73. The number of aromatic nitrogens is 1. The molecule has 0 aliphatic heterocycles. The molecule has 0 aliphatic rings. The SMILES string of the molecule is O=C(Cc1csc(Cc2ccccc2)n1)NNC(=O)c1ccc(Br)cc1. The Morgan fingerprint density at radius 2 is 1.73 bits per heavy atom. The van der Waals surface area contributed by atoms with Gasteiger partial charge in [-0.15, -0.1) is 11.3 Å². The van der Waals surface area contributed by atoms with Crippen LogP contribution in [0.5, 0.6) is 0 Å². The van der Waals surface area contributed by atoms with Gasteiger partial charge in [-0.1, -0.05) is 46.3 Å². The van der Waals surface area contributed by atoms with Crippen LogP contribution in [-0.4, -0.2) is 16.8 Å². The summed E-state index contributed by atoms with van der Waals surface area (Å²) in [6, 6.07) is 16.9. The summed E-state index contributed by atoms with van der Waals surface area (Å²) in [7, 11) is 0. The maximum absolute atomic E-state index is 12.0. The van der Waals surface area contributed by atoms with Crippen molar-refractivity contribution in [2.45, 2.75) is 12.8 Å². The van der Waals surface area contributed by atoms with Gasteiger partial charge in [0.1, 0.15) is 0 Å². The fourth-order valence-electron chi connectivity index (χ4n) is 2.29. The molecule has 2 aromatic carbocycles. The number of hydrogen-bond acceptors (Lipinski definition) is 4. The highest BCUT2D eigenvalue weighted by atomic mass is 79.9. The molecule has 0 saturated carbocycles. The molecule has 0 bridgehead atoms. The summed E-state index contributed by atoms with van der Waals surface area (Å²) in [6.07, 6.45) is 0.860. The van der Waals surface area contributed by atoms with Crippen LogP contribution in [0.2, 0.25) is 0 Å². The lowest BCUT2D eigenvalue weighted by Crippen LogP contribution is -2.42. The highest BCUT2D eigenvalue weighted by Crippen LogP contribution is 2.15. The quantitative estimate of drug-likeness (QED) is 0.609. The Kier molecular flexibility index (Phi) is 6.14. The first-order valence-electron chi connectivity index (χ1n) is 7.92. The van der Waals surface area contributed by atoms with Gasteiger partial charge in [-0.2, -0.15) is 0 Å². The number of hydrazine groups is 1. The van der Waals surface area contributed by atoms with Gasteiger partial charge in [0.05, 0.1) is 17.1 Å². The molecule has 7 heteroatoms. The van der Waals surface area contributed by atoms with Crippen molar-refractivity contribution >= 4 is 39.1 Å². The Balaban J connectivity index is 1.49. The Morgan fingerprint density at radius 3 is 2.46 bits per heavy atom. The van der Waals surface area contributed by atoms with Gasteiger partial charge in [-0.05, 0) is 29.8 Å². The van der Waals surface area contributed by atoms with E-state index in [1.54, 1.807) is 24.3 Å². The van der Waals surface area contributed by atoms with Crippen LogP contribution in [-0.2, 0) is 17.6 Å². The van der Waals surface area contributed by atoms with Crippen LogP contribution >= 0.6 is 27.3 Å². The van der Waals surface area contributed by atoms with Crippen molar-refractivity contribution in [1.82, 2.24) is 15.8 Å². The van der Waals surface area contributed by atoms with Crippen molar-refractivity contribution in [3.05, 3.63) is 86.3 Å². The lowest BCUT2D eigenvalue weighted by molar-refractivity contribution is -0.121. The van der Waals surface area contributed by atoms with Gasteiger partial charge in [0, 0.05) is 21.8 Å². The van der Waals surface area contributed by atoms with E-state index >= 15 is 0 Å². The van der Waals surface area contributed by atoms with Crippen LogP contribution in [0.25, 0.3) is 0 Å². The van der Waals surface area contributed by atoms with Crippen LogP contribution in [0.3, 0.4) is 0 Å². The Bertz CT molecular complexity index is 895. The van der Waals surface area contributed by atoms with Gasteiger partial charge in [0.2, 0.25) is 5.91 Å². The molecule has 0 atom stereocenters. The lowest BCUT2D eigenvalue weighted by atomic mass is 10.2. The maximum atomic E-state index is 12.0. The van der Waals surface area contributed by atoms with E-state index in [2.05, 4.69) is 31.8 Å².